The first-order valence-corrected chi connectivity index (χ1v) is 12.0. The van der Waals surface area contributed by atoms with E-state index in [1.54, 1.807) is 28.4 Å². The van der Waals surface area contributed by atoms with E-state index in [2.05, 4.69) is 39.1 Å². The number of likely N-dealkylation sites (tertiary alicyclic amines) is 1. The van der Waals surface area contributed by atoms with Crippen molar-refractivity contribution >= 4 is 29.0 Å². The summed E-state index contributed by atoms with van der Waals surface area (Å²) in [5.74, 6) is 1.46. The predicted molar refractivity (Wildman–Crippen MR) is 126 cm³/mol. The van der Waals surface area contributed by atoms with E-state index in [0.29, 0.717) is 5.95 Å². The van der Waals surface area contributed by atoms with Gasteiger partial charge in [0.25, 0.3) is 5.91 Å². The number of piperidine rings is 1. The molecule has 0 radical (unpaired) electrons. The van der Waals surface area contributed by atoms with E-state index in [1.165, 1.54) is 19.3 Å². The minimum absolute atomic E-state index is 0.131. The minimum Gasteiger partial charge on any atom is -0.327 e. The summed E-state index contributed by atoms with van der Waals surface area (Å²) in [6, 6.07) is 5.76. The van der Waals surface area contributed by atoms with Crippen LogP contribution in [0.1, 0.15) is 48.3 Å². The van der Waals surface area contributed by atoms with Gasteiger partial charge in [-0.05, 0) is 51.9 Å². The van der Waals surface area contributed by atoms with E-state index in [4.69, 9.17) is 0 Å². The number of aryl methyl sites for hydroxylation is 1. The number of carbonyl (C=O) groups excluding carboxylic acids is 1. The van der Waals surface area contributed by atoms with Crippen LogP contribution in [0, 0.1) is 0 Å². The standard InChI is InChI=1S/C23H29N7OS/c1-23(2)20-16(21(31)30(23)14-13-29-11-5-4-6-12-29)15-18(32-20)17-7-9-24-22(26-17)27-19-8-10-25-28(19)3/h7-10,15H,4-6,11-14H2,1-3H3,(H,24,26,27). The van der Waals surface area contributed by atoms with Crippen LogP contribution in [0.15, 0.2) is 30.6 Å². The van der Waals surface area contributed by atoms with Gasteiger partial charge in [0.05, 0.1) is 27.9 Å². The number of hydrogen-bond donors (Lipinski definition) is 1. The highest BCUT2D eigenvalue weighted by atomic mass is 32.1. The molecular weight excluding hydrogens is 422 g/mol. The van der Waals surface area contributed by atoms with Crippen molar-refractivity contribution in [3.63, 3.8) is 0 Å². The predicted octanol–water partition coefficient (Wildman–Crippen LogP) is 3.86. The summed E-state index contributed by atoms with van der Waals surface area (Å²) in [7, 11) is 1.86. The lowest BCUT2D eigenvalue weighted by atomic mass is 10.0. The first-order valence-electron chi connectivity index (χ1n) is 11.2. The van der Waals surface area contributed by atoms with Gasteiger partial charge in [0, 0.05) is 37.3 Å². The number of hydrogen-bond acceptors (Lipinski definition) is 7. The lowest BCUT2D eigenvalue weighted by Crippen LogP contribution is -2.44. The molecule has 1 N–H and O–H groups in total. The molecule has 5 rings (SSSR count). The molecule has 168 valence electrons. The van der Waals surface area contributed by atoms with Crippen LogP contribution in [-0.2, 0) is 12.6 Å². The second-order valence-electron chi connectivity index (χ2n) is 9.00. The lowest BCUT2D eigenvalue weighted by Gasteiger charge is -2.35. The summed E-state index contributed by atoms with van der Waals surface area (Å²) in [5, 5.41) is 7.35. The van der Waals surface area contributed by atoms with Crippen molar-refractivity contribution in [2.24, 2.45) is 7.05 Å². The van der Waals surface area contributed by atoms with Crippen molar-refractivity contribution in [1.29, 1.82) is 0 Å². The zero-order valence-electron chi connectivity index (χ0n) is 18.8. The molecule has 2 aliphatic heterocycles. The molecule has 0 unspecified atom stereocenters. The number of amides is 1. The highest BCUT2D eigenvalue weighted by Gasteiger charge is 2.44. The van der Waals surface area contributed by atoms with Crippen LogP contribution in [0.4, 0.5) is 11.8 Å². The van der Waals surface area contributed by atoms with Crippen LogP contribution in [0.5, 0.6) is 0 Å². The number of carbonyl (C=O) groups is 1. The number of rotatable bonds is 6. The van der Waals surface area contributed by atoms with E-state index in [-0.39, 0.29) is 11.4 Å². The molecule has 0 bridgehead atoms. The third-order valence-electron chi connectivity index (χ3n) is 6.50. The number of fused-ring (bicyclic) bond motifs is 1. The van der Waals surface area contributed by atoms with Crippen LogP contribution < -0.4 is 5.32 Å². The number of nitrogens with one attached hydrogen (secondary N) is 1. The van der Waals surface area contributed by atoms with Gasteiger partial charge in [0.15, 0.2) is 0 Å². The van der Waals surface area contributed by atoms with Crippen molar-refractivity contribution in [3.05, 3.63) is 41.0 Å². The molecule has 0 saturated carbocycles. The maximum Gasteiger partial charge on any atom is 0.255 e. The maximum absolute atomic E-state index is 13.3. The molecule has 32 heavy (non-hydrogen) atoms. The van der Waals surface area contributed by atoms with Crippen molar-refractivity contribution in [1.82, 2.24) is 29.5 Å². The normalized spacial score (nSPS) is 18.2. The Bertz CT molecular complexity index is 1130. The Hall–Kier alpha value is -2.78. The Labute approximate surface area is 192 Å². The number of thiophene rings is 1. The van der Waals surface area contributed by atoms with Crippen LogP contribution in [-0.4, -0.2) is 61.6 Å². The molecule has 1 amide bonds. The molecule has 0 aromatic carbocycles. The van der Waals surface area contributed by atoms with Crippen LogP contribution in [0.2, 0.25) is 0 Å². The molecule has 5 heterocycles. The number of aromatic nitrogens is 4. The zero-order valence-corrected chi connectivity index (χ0v) is 19.7. The molecule has 9 heteroatoms. The van der Waals surface area contributed by atoms with Crippen LogP contribution in [0.3, 0.4) is 0 Å². The van der Waals surface area contributed by atoms with Gasteiger partial charge >= 0.3 is 0 Å². The second-order valence-corrected chi connectivity index (χ2v) is 10.1. The molecule has 0 spiro atoms. The average molecular weight is 452 g/mol. The highest BCUT2D eigenvalue weighted by molar-refractivity contribution is 7.16. The summed E-state index contributed by atoms with van der Waals surface area (Å²) >= 11 is 1.66. The zero-order chi connectivity index (χ0) is 22.3. The van der Waals surface area contributed by atoms with Gasteiger partial charge in [-0.1, -0.05) is 6.42 Å². The number of nitrogens with zero attached hydrogens (tertiary/aromatic N) is 6. The molecule has 0 atom stereocenters. The SMILES string of the molecule is Cn1nccc1Nc1nccc(-c2cc3c(s2)C(C)(C)N(CCN2CCCCC2)C3=O)n1. The van der Waals surface area contributed by atoms with Gasteiger partial charge in [0.2, 0.25) is 5.95 Å². The average Bonchev–Trinajstić information content (AvgIpc) is 3.45. The van der Waals surface area contributed by atoms with Gasteiger partial charge in [-0.25, -0.2) is 9.97 Å². The third-order valence-corrected chi connectivity index (χ3v) is 7.97. The largest absolute Gasteiger partial charge is 0.327 e. The van der Waals surface area contributed by atoms with Gasteiger partial charge < -0.3 is 15.1 Å². The molecule has 0 aliphatic carbocycles. The number of anilines is 2. The van der Waals surface area contributed by atoms with Gasteiger partial charge in [0.1, 0.15) is 5.82 Å². The van der Waals surface area contributed by atoms with E-state index in [0.717, 1.165) is 53.0 Å². The quantitative estimate of drug-likeness (QED) is 0.613. The minimum atomic E-state index is -0.312. The molecule has 1 saturated heterocycles. The lowest BCUT2D eigenvalue weighted by molar-refractivity contribution is 0.0579. The molecule has 1 fully saturated rings. The van der Waals surface area contributed by atoms with Crippen LogP contribution >= 0.6 is 11.3 Å². The van der Waals surface area contributed by atoms with Crippen molar-refractivity contribution < 1.29 is 4.79 Å². The van der Waals surface area contributed by atoms with Crippen molar-refractivity contribution in [2.45, 2.75) is 38.6 Å². The summed E-state index contributed by atoms with van der Waals surface area (Å²) in [5.41, 5.74) is 1.31. The monoisotopic (exact) mass is 451 g/mol. The Kier molecular flexibility index (Phi) is 5.46. The summed E-state index contributed by atoms with van der Waals surface area (Å²) in [6.07, 6.45) is 7.33. The van der Waals surface area contributed by atoms with Crippen LogP contribution in [0.25, 0.3) is 10.6 Å². The first-order chi connectivity index (χ1) is 15.4. The van der Waals surface area contributed by atoms with Crippen molar-refractivity contribution in [3.8, 4) is 10.6 Å². The summed E-state index contributed by atoms with van der Waals surface area (Å²) < 4.78 is 1.73. The fraction of sp³-hybridized carbons (Fsp3) is 0.478. The molecule has 8 nitrogen and oxygen atoms in total. The Morgan fingerprint density at radius 1 is 1.12 bits per heavy atom. The molecule has 2 aliphatic rings. The Morgan fingerprint density at radius 2 is 1.94 bits per heavy atom. The Morgan fingerprint density at radius 3 is 2.66 bits per heavy atom. The second kappa shape index (κ2) is 8.29. The fourth-order valence-electron chi connectivity index (χ4n) is 4.63. The van der Waals surface area contributed by atoms with Gasteiger partial charge in [-0.3, -0.25) is 9.48 Å². The first kappa shape index (κ1) is 21.1. The topological polar surface area (TPSA) is 79.2 Å². The smallest absolute Gasteiger partial charge is 0.255 e. The Balaban J connectivity index is 1.35. The highest BCUT2D eigenvalue weighted by Crippen LogP contribution is 2.45. The molecule has 3 aromatic rings. The molecule has 3 aromatic heterocycles. The van der Waals surface area contributed by atoms with E-state index in [9.17, 15) is 4.79 Å². The van der Waals surface area contributed by atoms with Gasteiger partial charge in [-0.15, -0.1) is 11.3 Å². The van der Waals surface area contributed by atoms with E-state index in [1.807, 2.05) is 30.1 Å². The third kappa shape index (κ3) is 3.80. The van der Waals surface area contributed by atoms with E-state index < -0.39 is 0 Å². The molecular formula is C23H29N7OS. The van der Waals surface area contributed by atoms with Crippen molar-refractivity contribution in [2.75, 3.05) is 31.5 Å². The van der Waals surface area contributed by atoms with Gasteiger partial charge in [-0.2, -0.15) is 5.10 Å². The van der Waals surface area contributed by atoms with E-state index >= 15 is 0 Å². The maximum atomic E-state index is 13.3. The fourth-order valence-corrected chi connectivity index (χ4v) is 5.86. The summed E-state index contributed by atoms with van der Waals surface area (Å²) in [4.78, 5) is 29.0. The summed E-state index contributed by atoms with van der Waals surface area (Å²) in [6.45, 7) is 8.33.